The molecule has 9 heteroatoms. The molecule has 2 heterocycles. The number of fused-ring (bicyclic) bond motifs is 1. The number of halogens is 1. The first-order valence-electron chi connectivity index (χ1n) is 11.4. The van der Waals surface area contributed by atoms with Crippen molar-refractivity contribution in [2.75, 3.05) is 17.7 Å². The molecule has 3 aromatic rings. The molecule has 0 spiro atoms. The molecule has 0 unspecified atom stereocenters. The van der Waals surface area contributed by atoms with E-state index in [1.165, 1.54) is 18.6 Å². The third-order valence-corrected chi connectivity index (χ3v) is 6.16. The zero-order valence-electron chi connectivity index (χ0n) is 19.2. The Morgan fingerprint density at radius 1 is 1.18 bits per heavy atom. The molecular weight excluding hydrogens is 423 g/mol. The third kappa shape index (κ3) is 4.67. The molecular formula is C24H29FN6O2. The smallest absolute Gasteiger partial charge is 0.319 e. The molecule has 174 valence electrons. The third-order valence-electron chi connectivity index (χ3n) is 6.16. The topological polar surface area (TPSA) is 101 Å². The van der Waals surface area contributed by atoms with E-state index in [9.17, 15) is 14.0 Å². The number of benzene rings is 1. The molecule has 0 bridgehead atoms. The highest BCUT2D eigenvalue weighted by Gasteiger charge is 2.19. The van der Waals surface area contributed by atoms with Crippen molar-refractivity contribution < 1.29 is 9.18 Å². The van der Waals surface area contributed by atoms with E-state index in [0.29, 0.717) is 40.2 Å². The van der Waals surface area contributed by atoms with Gasteiger partial charge in [0, 0.05) is 36.8 Å². The van der Waals surface area contributed by atoms with Gasteiger partial charge in [-0.15, -0.1) is 0 Å². The lowest BCUT2D eigenvalue weighted by Crippen LogP contribution is -2.39. The van der Waals surface area contributed by atoms with E-state index in [1.54, 1.807) is 30.8 Å². The molecule has 8 nitrogen and oxygen atoms in total. The number of anilines is 2. The first kappa shape index (κ1) is 22.7. The van der Waals surface area contributed by atoms with Gasteiger partial charge >= 0.3 is 6.03 Å². The molecule has 1 saturated carbocycles. The lowest BCUT2D eigenvalue weighted by molar-refractivity contribution is 0.244. The number of nitrogens with zero attached hydrogens (tertiary/aromatic N) is 3. The Kier molecular flexibility index (Phi) is 6.57. The molecule has 3 N–H and O–H groups in total. The van der Waals surface area contributed by atoms with E-state index in [4.69, 9.17) is 0 Å². The first-order valence-corrected chi connectivity index (χ1v) is 11.4. The van der Waals surface area contributed by atoms with E-state index < -0.39 is 11.8 Å². The summed E-state index contributed by atoms with van der Waals surface area (Å²) in [7, 11) is 1.71. The molecule has 0 atom stereocenters. The number of pyridine rings is 1. The lowest BCUT2D eigenvalue weighted by Gasteiger charge is -2.23. The van der Waals surface area contributed by atoms with Crippen molar-refractivity contribution in [1.82, 2.24) is 19.9 Å². The van der Waals surface area contributed by atoms with Crippen LogP contribution in [0.25, 0.3) is 22.2 Å². The number of carbonyl (C=O) groups excluding carboxylic acids is 1. The number of nitrogens with one attached hydrogen (secondary N) is 3. The van der Waals surface area contributed by atoms with Gasteiger partial charge in [-0.05, 0) is 56.0 Å². The largest absolute Gasteiger partial charge is 0.357 e. The van der Waals surface area contributed by atoms with Gasteiger partial charge in [-0.3, -0.25) is 9.36 Å². The van der Waals surface area contributed by atoms with E-state index in [0.717, 1.165) is 25.7 Å². The van der Waals surface area contributed by atoms with Gasteiger partial charge in [-0.2, -0.15) is 4.98 Å². The SMILES string of the molecule is CCn1c(=O)c(-c2cc(NC(=O)NC3CCCCC3)c(F)cc2C)cc2cnc(NC)nc21. The fourth-order valence-electron chi connectivity index (χ4n) is 4.42. The Morgan fingerprint density at radius 2 is 1.94 bits per heavy atom. The van der Waals surface area contributed by atoms with Gasteiger partial charge in [-0.1, -0.05) is 19.3 Å². The monoisotopic (exact) mass is 452 g/mol. The van der Waals surface area contributed by atoms with Crippen LogP contribution in [0.1, 0.15) is 44.6 Å². The summed E-state index contributed by atoms with van der Waals surface area (Å²) < 4.78 is 16.3. The van der Waals surface area contributed by atoms with Crippen molar-refractivity contribution in [3.05, 3.63) is 46.1 Å². The van der Waals surface area contributed by atoms with Crippen molar-refractivity contribution in [2.24, 2.45) is 0 Å². The summed E-state index contributed by atoms with van der Waals surface area (Å²) in [6.45, 7) is 4.02. The summed E-state index contributed by atoms with van der Waals surface area (Å²) in [5.41, 5.74) is 1.87. The van der Waals surface area contributed by atoms with Crippen molar-refractivity contribution >= 4 is 28.7 Å². The second-order valence-electron chi connectivity index (χ2n) is 8.41. The molecule has 1 aliphatic carbocycles. The maximum Gasteiger partial charge on any atom is 0.319 e. The van der Waals surface area contributed by atoms with Crippen LogP contribution in [-0.4, -0.2) is 33.7 Å². The van der Waals surface area contributed by atoms with E-state index in [-0.39, 0.29) is 17.3 Å². The standard InChI is InChI=1S/C24H29FN6O2/c1-4-31-21-15(13-27-23(26-3)30-21)11-18(22(31)32)17-12-20(19(25)10-14(17)2)29-24(33)28-16-8-6-5-7-9-16/h10-13,16H,4-9H2,1-3H3,(H,26,27,30)(H2,28,29,33). The number of amides is 2. The van der Waals surface area contributed by atoms with Crippen molar-refractivity contribution in [1.29, 1.82) is 0 Å². The molecule has 33 heavy (non-hydrogen) atoms. The second-order valence-corrected chi connectivity index (χ2v) is 8.41. The number of rotatable bonds is 5. The van der Waals surface area contributed by atoms with Crippen LogP contribution in [0.4, 0.5) is 20.8 Å². The predicted octanol–water partition coefficient (Wildman–Crippen LogP) is 4.42. The van der Waals surface area contributed by atoms with Crippen LogP contribution in [0.2, 0.25) is 0 Å². The molecule has 1 fully saturated rings. The van der Waals surface area contributed by atoms with Gasteiger partial charge < -0.3 is 16.0 Å². The highest BCUT2D eigenvalue weighted by atomic mass is 19.1. The summed E-state index contributed by atoms with van der Waals surface area (Å²) >= 11 is 0. The molecule has 0 aliphatic heterocycles. The van der Waals surface area contributed by atoms with Crippen molar-refractivity contribution in [3.63, 3.8) is 0 Å². The van der Waals surface area contributed by atoms with Gasteiger partial charge in [0.05, 0.1) is 5.69 Å². The highest BCUT2D eigenvalue weighted by Crippen LogP contribution is 2.29. The Labute approximate surface area is 191 Å². The Bertz CT molecular complexity index is 1250. The van der Waals surface area contributed by atoms with Gasteiger partial charge in [0.25, 0.3) is 5.56 Å². The summed E-state index contributed by atoms with van der Waals surface area (Å²) in [5, 5.41) is 9.13. The number of hydrogen-bond donors (Lipinski definition) is 3. The van der Waals surface area contributed by atoms with Crippen LogP contribution < -0.4 is 21.5 Å². The number of urea groups is 1. The zero-order valence-corrected chi connectivity index (χ0v) is 19.2. The predicted molar refractivity (Wildman–Crippen MR) is 128 cm³/mol. The van der Waals surface area contributed by atoms with Crippen LogP contribution in [0.5, 0.6) is 0 Å². The minimum Gasteiger partial charge on any atom is -0.357 e. The summed E-state index contributed by atoms with van der Waals surface area (Å²) in [6.07, 6.45) is 6.86. The van der Waals surface area contributed by atoms with Gasteiger partial charge in [0.15, 0.2) is 0 Å². The Morgan fingerprint density at radius 3 is 2.64 bits per heavy atom. The van der Waals surface area contributed by atoms with Gasteiger partial charge in [-0.25, -0.2) is 14.2 Å². The minimum atomic E-state index is -0.548. The average molecular weight is 453 g/mol. The molecule has 0 radical (unpaired) electrons. The van der Waals surface area contributed by atoms with Crippen molar-refractivity contribution in [3.8, 4) is 11.1 Å². The average Bonchev–Trinajstić information content (AvgIpc) is 2.81. The summed E-state index contributed by atoms with van der Waals surface area (Å²) in [6, 6.07) is 4.25. The van der Waals surface area contributed by atoms with Crippen LogP contribution in [0.15, 0.2) is 29.2 Å². The van der Waals surface area contributed by atoms with Crippen molar-refractivity contribution in [2.45, 2.75) is 58.5 Å². The summed E-state index contributed by atoms with van der Waals surface area (Å²) in [4.78, 5) is 34.5. The van der Waals surface area contributed by atoms with E-state index >= 15 is 0 Å². The number of hydrogen-bond acceptors (Lipinski definition) is 5. The lowest BCUT2D eigenvalue weighted by atomic mass is 9.96. The summed E-state index contributed by atoms with van der Waals surface area (Å²) in [5.74, 6) is -0.126. The van der Waals surface area contributed by atoms with E-state index in [2.05, 4.69) is 25.9 Å². The van der Waals surface area contributed by atoms with Crippen LogP contribution in [0.3, 0.4) is 0 Å². The fraction of sp³-hybridized carbons (Fsp3) is 0.417. The normalized spacial score (nSPS) is 14.3. The zero-order chi connectivity index (χ0) is 23.5. The molecule has 4 rings (SSSR count). The second kappa shape index (κ2) is 9.56. The van der Waals surface area contributed by atoms with Crippen LogP contribution >= 0.6 is 0 Å². The van der Waals surface area contributed by atoms with Crippen LogP contribution in [-0.2, 0) is 6.54 Å². The van der Waals surface area contributed by atoms with E-state index in [1.807, 2.05) is 6.92 Å². The minimum absolute atomic E-state index is 0.0354. The quantitative estimate of drug-likeness (QED) is 0.532. The number of aromatic nitrogens is 3. The Hall–Kier alpha value is -3.49. The number of aryl methyl sites for hydroxylation is 2. The molecule has 1 aromatic carbocycles. The molecule has 1 aliphatic rings. The first-order chi connectivity index (χ1) is 15.9. The molecule has 2 amide bonds. The Balaban J connectivity index is 1.72. The fourth-order valence-corrected chi connectivity index (χ4v) is 4.42. The molecule has 0 saturated heterocycles. The van der Waals surface area contributed by atoms with Gasteiger partial charge in [0.1, 0.15) is 11.5 Å². The maximum absolute atomic E-state index is 14.7. The number of carbonyl (C=O) groups is 1. The molecule has 2 aromatic heterocycles. The van der Waals surface area contributed by atoms with Crippen LogP contribution in [0, 0.1) is 12.7 Å². The van der Waals surface area contributed by atoms with Gasteiger partial charge in [0.2, 0.25) is 5.95 Å². The highest BCUT2D eigenvalue weighted by molar-refractivity contribution is 5.91. The maximum atomic E-state index is 14.7.